The Morgan fingerprint density at radius 2 is 2.25 bits per heavy atom. The lowest BCUT2D eigenvalue weighted by Gasteiger charge is -1.98. The summed E-state index contributed by atoms with van der Waals surface area (Å²) < 4.78 is 0. The number of hydrogen-bond donors (Lipinski definition) is 2. The van der Waals surface area contributed by atoms with E-state index in [9.17, 15) is 4.79 Å². The largest absolute Gasteiger partial charge is 0.481 e. The molecular formula is C12H12ClNO2. The number of rotatable bonds is 3. The molecule has 0 bridgehead atoms. The van der Waals surface area contributed by atoms with Crippen LogP contribution in [0.3, 0.4) is 0 Å². The highest BCUT2D eigenvalue weighted by molar-refractivity contribution is 6.31. The Morgan fingerprint density at radius 1 is 1.50 bits per heavy atom. The SMILES string of the molecule is Cc1cccc2c(CCC(=O)O)c(Cl)[nH]c12. The summed E-state index contributed by atoms with van der Waals surface area (Å²) >= 11 is 6.07. The molecule has 2 aromatic rings. The zero-order chi connectivity index (χ0) is 11.7. The average molecular weight is 238 g/mol. The lowest BCUT2D eigenvalue weighted by molar-refractivity contribution is -0.136. The molecule has 0 radical (unpaired) electrons. The van der Waals surface area contributed by atoms with Crippen molar-refractivity contribution < 1.29 is 9.90 Å². The first-order valence-corrected chi connectivity index (χ1v) is 5.45. The number of aryl methyl sites for hydroxylation is 2. The fraction of sp³-hybridized carbons (Fsp3) is 0.250. The van der Waals surface area contributed by atoms with Gasteiger partial charge in [0.2, 0.25) is 0 Å². The normalized spacial score (nSPS) is 10.9. The van der Waals surface area contributed by atoms with E-state index in [4.69, 9.17) is 16.7 Å². The van der Waals surface area contributed by atoms with Crippen LogP contribution in [0.5, 0.6) is 0 Å². The number of aromatic nitrogens is 1. The fourth-order valence-corrected chi connectivity index (χ4v) is 2.16. The molecule has 0 aliphatic heterocycles. The van der Waals surface area contributed by atoms with E-state index in [1.165, 1.54) is 0 Å². The van der Waals surface area contributed by atoms with Gasteiger partial charge in [0.25, 0.3) is 0 Å². The third kappa shape index (κ3) is 1.91. The van der Waals surface area contributed by atoms with Crippen molar-refractivity contribution in [3.8, 4) is 0 Å². The van der Waals surface area contributed by atoms with E-state index in [2.05, 4.69) is 4.98 Å². The lowest BCUT2D eigenvalue weighted by atomic mass is 10.1. The van der Waals surface area contributed by atoms with Crippen molar-refractivity contribution >= 4 is 28.5 Å². The predicted molar refractivity (Wildman–Crippen MR) is 64.0 cm³/mol. The van der Waals surface area contributed by atoms with Crippen LogP contribution in [0.4, 0.5) is 0 Å². The van der Waals surface area contributed by atoms with E-state index in [0.29, 0.717) is 11.6 Å². The molecule has 0 atom stereocenters. The Bertz CT molecular complexity index is 545. The summed E-state index contributed by atoms with van der Waals surface area (Å²) in [5.41, 5.74) is 3.00. The van der Waals surface area contributed by atoms with Crippen molar-refractivity contribution in [2.24, 2.45) is 0 Å². The number of carboxylic acids is 1. The minimum atomic E-state index is -0.807. The van der Waals surface area contributed by atoms with E-state index < -0.39 is 5.97 Å². The second-order valence-electron chi connectivity index (χ2n) is 3.81. The molecule has 1 aromatic heterocycles. The molecule has 0 unspecified atom stereocenters. The predicted octanol–water partition coefficient (Wildman–Crippen LogP) is 3.15. The molecule has 2 N–H and O–H groups in total. The Balaban J connectivity index is 2.48. The maximum absolute atomic E-state index is 10.6. The summed E-state index contributed by atoms with van der Waals surface area (Å²) in [6.45, 7) is 2.00. The van der Waals surface area contributed by atoms with E-state index >= 15 is 0 Å². The lowest BCUT2D eigenvalue weighted by Crippen LogP contribution is -1.97. The summed E-state index contributed by atoms with van der Waals surface area (Å²) in [5.74, 6) is -0.807. The number of fused-ring (bicyclic) bond motifs is 1. The topological polar surface area (TPSA) is 53.1 Å². The van der Waals surface area contributed by atoms with Gasteiger partial charge in [-0.25, -0.2) is 0 Å². The van der Waals surface area contributed by atoms with Gasteiger partial charge in [0.1, 0.15) is 5.15 Å². The van der Waals surface area contributed by atoms with Crippen LogP contribution in [-0.2, 0) is 11.2 Å². The van der Waals surface area contributed by atoms with Gasteiger partial charge in [-0.3, -0.25) is 4.79 Å². The first kappa shape index (κ1) is 11.0. The van der Waals surface area contributed by atoms with Crippen LogP contribution in [-0.4, -0.2) is 16.1 Å². The van der Waals surface area contributed by atoms with Gasteiger partial charge in [-0.1, -0.05) is 29.8 Å². The van der Waals surface area contributed by atoms with Crippen LogP contribution in [0.1, 0.15) is 17.5 Å². The molecule has 16 heavy (non-hydrogen) atoms. The molecule has 0 saturated heterocycles. The zero-order valence-electron chi connectivity index (χ0n) is 8.88. The molecule has 0 spiro atoms. The fourth-order valence-electron chi connectivity index (χ4n) is 1.86. The van der Waals surface area contributed by atoms with Crippen molar-refractivity contribution in [1.29, 1.82) is 0 Å². The first-order valence-electron chi connectivity index (χ1n) is 5.07. The van der Waals surface area contributed by atoms with Crippen molar-refractivity contribution in [3.05, 3.63) is 34.5 Å². The van der Waals surface area contributed by atoms with Gasteiger partial charge < -0.3 is 10.1 Å². The van der Waals surface area contributed by atoms with Crippen LogP contribution >= 0.6 is 11.6 Å². The number of aromatic amines is 1. The summed E-state index contributed by atoms with van der Waals surface area (Å²) in [7, 11) is 0. The molecule has 1 aromatic carbocycles. The molecule has 0 saturated carbocycles. The summed E-state index contributed by atoms with van der Waals surface area (Å²) in [6.07, 6.45) is 0.554. The molecule has 3 nitrogen and oxygen atoms in total. The van der Waals surface area contributed by atoms with Crippen molar-refractivity contribution in [1.82, 2.24) is 4.98 Å². The van der Waals surface area contributed by atoms with Crippen LogP contribution in [0.2, 0.25) is 5.15 Å². The standard InChI is InChI=1S/C12H12ClNO2/c1-7-3-2-4-8-9(5-6-10(15)16)12(13)14-11(7)8/h2-4,14H,5-6H2,1H3,(H,15,16). The molecule has 1 heterocycles. The second kappa shape index (κ2) is 4.18. The maximum Gasteiger partial charge on any atom is 0.303 e. The Hall–Kier alpha value is -1.48. The smallest absolute Gasteiger partial charge is 0.303 e. The molecule has 0 amide bonds. The van der Waals surface area contributed by atoms with E-state index in [0.717, 1.165) is 22.0 Å². The van der Waals surface area contributed by atoms with Crippen LogP contribution in [0, 0.1) is 6.92 Å². The number of hydrogen-bond acceptors (Lipinski definition) is 1. The Morgan fingerprint density at radius 3 is 2.94 bits per heavy atom. The van der Waals surface area contributed by atoms with Crippen LogP contribution in [0.15, 0.2) is 18.2 Å². The number of nitrogens with one attached hydrogen (secondary N) is 1. The molecule has 0 aliphatic carbocycles. The van der Waals surface area contributed by atoms with E-state index in [1.807, 2.05) is 25.1 Å². The third-order valence-corrected chi connectivity index (χ3v) is 3.01. The quantitative estimate of drug-likeness (QED) is 0.862. The number of carboxylic acid groups (broad SMARTS) is 1. The van der Waals surface area contributed by atoms with E-state index in [1.54, 1.807) is 0 Å². The number of aliphatic carboxylic acids is 1. The first-order chi connectivity index (χ1) is 7.59. The molecule has 0 aliphatic rings. The van der Waals surface area contributed by atoms with Gasteiger partial charge in [-0.2, -0.15) is 0 Å². The maximum atomic E-state index is 10.6. The number of halogens is 1. The van der Waals surface area contributed by atoms with Gasteiger partial charge in [-0.05, 0) is 24.5 Å². The minimum absolute atomic E-state index is 0.0978. The Labute approximate surface area is 98.0 Å². The summed E-state index contributed by atoms with van der Waals surface area (Å²) in [5, 5.41) is 10.2. The van der Waals surface area contributed by atoms with Crippen molar-refractivity contribution in [3.63, 3.8) is 0 Å². The monoisotopic (exact) mass is 237 g/mol. The van der Waals surface area contributed by atoms with Gasteiger partial charge in [0.05, 0.1) is 0 Å². The summed E-state index contributed by atoms with van der Waals surface area (Å²) in [6, 6.07) is 5.91. The van der Waals surface area contributed by atoms with Crippen LogP contribution < -0.4 is 0 Å². The number of para-hydroxylation sites is 1. The molecule has 4 heteroatoms. The molecular weight excluding hydrogens is 226 g/mol. The molecule has 0 fully saturated rings. The number of carbonyl (C=O) groups is 1. The number of H-pyrrole nitrogens is 1. The zero-order valence-corrected chi connectivity index (χ0v) is 9.64. The average Bonchev–Trinajstić information content (AvgIpc) is 2.53. The van der Waals surface area contributed by atoms with Gasteiger partial charge in [-0.15, -0.1) is 0 Å². The second-order valence-corrected chi connectivity index (χ2v) is 4.19. The Kier molecular flexibility index (Phi) is 2.88. The highest BCUT2D eigenvalue weighted by Crippen LogP contribution is 2.29. The van der Waals surface area contributed by atoms with Crippen LogP contribution in [0.25, 0.3) is 10.9 Å². The number of benzene rings is 1. The minimum Gasteiger partial charge on any atom is -0.481 e. The van der Waals surface area contributed by atoms with Crippen molar-refractivity contribution in [2.45, 2.75) is 19.8 Å². The highest BCUT2D eigenvalue weighted by Gasteiger charge is 2.12. The van der Waals surface area contributed by atoms with Gasteiger partial charge in [0.15, 0.2) is 0 Å². The molecule has 84 valence electrons. The third-order valence-electron chi connectivity index (χ3n) is 2.69. The molecule has 2 rings (SSSR count). The van der Waals surface area contributed by atoms with Gasteiger partial charge >= 0.3 is 5.97 Å². The van der Waals surface area contributed by atoms with Crippen molar-refractivity contribution in [2.75, 3.05) is 0 Å². The highest BCUT2D eigenvalue weighted by atomic mass is 35.5. The summed E-state index contributed by atoms with van der Waals surface area (Å²) in [4.78, 5) is 13.6. The van der Waals surface area contributed by atoms with E-state index in [-0.39, 0.29) is 6.42 Å². The van der Waals surface area contributed by atoms with Gasteiger partial charge in [0, 0.05) is 17.3 Å².